The monoisotopic (exact) mass is 302 g/mol. The zero-order valence-electron chi connectivity index (χ0n) is 11.3. The molecule has 3 rings (SSSR count). The van der Waals surface area contributed by atoms with E-state index in [0.29, 0.717) is 5.16 Å². The van der Waals surface area contributed by atoms with Gasteiger partial charge in [0.2, 0.25) is 0 Å². The minimum absolute atomic E-state index is 0.124. The highest BCUT2D eigenvalue weighted by Gasteiger charge is 2.13. The maximum Gasteiger partial charge on any atom is 0.313 e. The van der Waals surface area contributed by atoms with Gasteiger partial charge in [-0.15, -0.1) is 0 Å². The van der Waals surface area contributed by atoms with E-state index in [1.165, 1.54) is 23.6 Å². The average molecular weight is 302 g/mol. The second-order valence-electron chi connectivity index (χ2n) is 4.91. The quantitative estimate of drug-likeness (QED) is 0.690. The molecule has 0 spiro atoms. The molecule has 1 aliphatic carbocycles. The summed E-state index contributed by atoms with van der Waals surface area (Å²) in [6.45, 7) is 0. The lowest BCUT2D eigenvalue weighted by atomic mass is 10.1. The van der Waals surface area contributed by atoms with Gasteiger partial charge in [0.1, 0.15) is 0 Å². The van der Waals surface area contributed by atoms with E-state index in [-0.39, 0.29) is 11.3 Å². The fraction of sp³-hybridized carbons (Fsp3) is 0.267. The van der Waals surface area contributed by atoms with Crippen LogP contribution in [0.4, 0.5) is 0 Å². The Morgan fingerprint density at radius 1 is 1.29 bits per heavy atom. The molecule has 0 unspecified atom stereocenters. The van der Waals surface area contributed by atoms with Crippen LogP contribution in [0.5, 0.6) is 0 Å². The second kappa shape index (κ2) is 5.73. The van der Waals surface area contributed by atoms with Crippen molar-refractivity contribution in [1.82, 2.24) is 9.55 Å². The van der Waals surface area contributed by atoms with Gasteiger partial charge in [0, 0.05) is 18.0 Å². The Hall–Kier alpha value is -2.08. The van der Waals surface area contributed by atoms with Gasteiger partial charge in [0.05, 0.1) is 5.75 Å². The molecule has 1 heterocycles. The van der Waals surface area contributed by atoms with Crippen LogP contribution >= 0.6 is 11.8 Å². The fourth-order valence-corrected chi connectivity index (χ4v) is 3.23. The largest absolute Gasteiger partial charge is 0.481 e. The van der Waals surface area contributed by atoms with Crippen LogP contribution in [0.25, 0.3) is 5.69 Å². The van der Waals surface area contributed by atoms with Crippen molar-refractivity contribution < 1.29 is 9.90 Å². The molecule has 21 heavy (non-hydrogen) atoms. The Bertz CT molecular complexity index is 755. The summed E-state index contributed by atoms with van der Waals surface area (Å²) in [4.78, 5) is 26.1. The molecule has 1 N–H and O–H groups in total. The molecule has 0 amide bonds. The number of carboxylic acids is 1. The summed E-state index contributed by atoms with van der Waals surface area (Å²) in [5, 5.41) is 9.20. The molecule has 1 aromatic heterocycles. The van der Waals surface area contributed by atoms with Crippen LogP contribution in [0.15, 0.2) is 40.4 Å². The molecule has 0 aliphatic heterocycles. The van der Waals surface area contributed by atoms with Crippen molar-refractivity contribution in [2.75, 3.05) is 5.75 Å². The highest BCUT2D eigenvalue weighted by molar-refractivity contribution is 7.99. The number of carbonyl (C=O) groups is 1. The van der Waals surface area contributed by atoms with E-state index in [1.807, 2.05) is 6.07 Å². The molecule has 1 aromatic carbocycles. The topological polar surface area (TPSA) is 72.2 Å². The Balaban J connectivity index is 2.01. The lowest BCUT2D eigenvalue weighted by Crippen LogP contribution is -2.13. The van der Waals surface area contributed by atoms with Crippen molar-refractivity contribution in [2.45, 2.75) is 24.4 Å². The van der Waals surface area contributed by atoms with Crippen molar-refractivity contribution in [3.05, 3.63) is 51.9 Å². The first-order valence-electron chi connectivity index (χ1n) is 6.70. The van der Waals surface area contributed by atoms with E-state index in [1.54, 1.807) is 10.8 Å². The molecule has 108 valence electrons. The van der Waals surface area contributed by atoms with Crippen molar-refractivity contribution in [2.24, 2.45) is 0 Å². The minimum Gasteiger partial charge on any atom is -0.481 e. The number of carboxylic acid groups (broad SMARTS) is 1. The van der Waals surface area contributed by atoms with Crippen LogP contribution in [0.2, 0.25) is 0 Å². The maximum atomic E-state index is 11.4. The van der Waals surface area contributed by atoms with Gasteiger partial charge in [0.25, 0.3) is 5.56 Å². The normalized spacial score (nSPS) is 13.1. The van der Waals surface area contributed by atoms with Gasteiger partial charge >= 0.3 is 5.97 Å². The summed E-state index contributed by atoms with van der Waals surface area (Å²) in [5.74, 6) is -1.06. The SMILES string of the molecule is O=C(O)CSc1nc(=O)ccn1-c1ccc2c(c1)CCC2. The molecule has 0 radical (unpaired) electrons. The third-order valence-corrected chi connectivity index (χ3v) is 4.40. The van der Waals surface area contributed by atoms with E-state index in [2.05, 4.69) is 17.1 Å². The van der Waals surface area contributed by atoms with Crippen LogP contribution in [0, 0.1) is 0 Å². The number of benzene rings is 1. The summed E-state index contributed by atoms with van der Waals surface area (Å²) < 4.78 is 1.77. The van der Waals surface area contributed by atoms with Crippen LogP contribution in [0.1, 0.15) is 17.5 Å². The van der Waals surface area contributed by atoms with Crippen LogP contribution in [-0.2, 0) is 17.6 Å². The number of aliphatic carboxylic acids is 1. The second-order valence-corrected chi connectivity index (χ2v) is 5.85. The zero-order chi connectivity index (χ0) is 14.8. The Morgan fingerprint density at radius 3 is 2.90 bits per heavy atom. The Morgan fingerprint density at radius 2 is 2.10 bits per heavy atom. The van der Waals surface area contributed by atoms with Crippen molar-refractivity contribution in [3.8, 4) is 5.69 Å². The molecule has 0 saturated heterocycles. The van der Waals surface area contributed by atoms with Gasteiger partial charge in [-0.3, -0.25) is 14.2 Å². The lowest BCUT2D eigenvalue weighted by molar-refractivity contribution is -0.133. The van der Waals surface area contributed by atoms with Crippen molar-refractivity contribution in [3.63, 3.8) is 0 Å². The number of hydrogen-bond acceptors (Lipinski definition) is 4. The zero-order valence-corrected chi connectivity index (χ0v) is 12.1. The highest BCUT2D eigenvalue weighted by Crippen LogP contribution is 2.26. The predicted molar refractivity (Wildman–Crippen MR) is 80.2 cm³/mol. The van der Waals surface area contributed by atoms with E-state index in [4.69, 9.17) is 5.11 Å². The molecule has 0 fully saturated rings. The molecule has 0 bridgehead atoms. The number of aromatic nitrogens is 2. The van der Waals surface area contributed by atoms with E-state index < -0.39 is 5.97 Å². The van der Waals surface area contributed by atoms with E-state index in [0.717, 1.165) is 30.3 Å². The highest BCUT2D eigenvalue weighted by atomic mass is 32.2. The molecule has 0 saturated carbocycles. The number of nitrogens with zero attached hydrogens (tertiary/aromatic N) is 2. The van der Waals surface area contributed by atoms with Gasteiger partial charge in [-0.2, -0.15) is 4.98 Å². The average Bonchev–Trinajstić information content (AvgIpc) is 2.92. The van der Waals surface area contributed by atoms with Crippen molar-refractivity contribution >= 4 is 17.7 Å². The smallest absolute Gasteiger partial charge is 0.313 e. The van der Waals surface area contributed by atoms with Crippen LogP contribution in [-0.4, -0.2) is 26.4 Å². The molecule has 0 atom stereocenters. The first kappa shape index (κ1) is 13.9. The molecule has 2 aromatic rings. The third-order valence-electron chi connectivity index (χ3n) is 3.46. The number of hydrogen-bond donors (Lipinski definition) is 1. The summed E-state index contributed by atoms with van der Waals surface area (Å²) in [6.07, 6.45) is 4.99. The predicted octanol–water partition coefficient (Wildman–Crippen LogP) is 1.90. The van der Waals surface area contributed by atoms with Crippen molar-refractivity contribution in [1.29, 1.82) is 0 Å². The minimum atomic E-state index is -0.932. The summed E-state index contributed by atoms with van der Waals surface area (Å²) in [7, 11) is 0. The summed E-state index contributed by atoms with van der Waals surface area (Å²) in [5.41, 5.74) is 3.24. The van der Waals surface area contributed by atoms with Gasteiger partial charge in [0.15, 0.2) is 5.16 Å². The maximum absolute atomic E-state index is 11.4. The number of fused-ring (bicyclic) bond motifs is 1. The number of aryl methyl sites for hydroxylation is 2. The first-order valence-corrected chi connectivity index (χ1v) is 7.68. The Kier molecular flexibility index (Phi) is 3.79. The van der Waals surface area contributed by atoms with Crippen LogP contribution < -0.4 is 5.56 Å². The summed E-state index contributed by atoms with van der Waals surface area (Å²) in [6, 6.07) is 7.57. The van der Waals surface area contributed by atoms with E-state index in [9.17, 15) is 9.59 Å². The molecular weight excluding hydrogens is 288 g/mol. The van der Waals surface area contributed by atoms with Crippen LogP contribution in [0.3, 0.4) is 0 Å². The third kappa shape index (κ3) is 3.00. The number of rotatable bonds is 4. The molecule has 5 nitrogen and oxygen atoms in total. The number of thioether (sulfide) groups is 1. The Labute approximate surface area is 125 Å². The molecular formula is C15H14N2O3S. The van der Waals surface area contributed by atoms with Gasteiger partial charge in [-0.05, 0) is 42.5 Å². The molecule has 1 aliphatic rings. The lowest BCUT2D eigenvalue weighted by Gasteiger charge is -2.12. The molecule has 6 heteroatoms. The fourth-order valence-electron chi connectivity index (χ4n) is 2.52. The van der Waals surface area contributed by atoms with Gasteiger partial charge in [-0.25, -0.2) is 0 Å². The standard InChI is InChI=1S/C15H14N2O3S/c18-13-6-7-17(15(16-13)21-9-14(19)20)12-5-4-10-2-1-3-11(10)8-12/h4-8H,1-3,9H2,(H,19,20). The summed E-state index contributed by atoms with van der Waals surface area (Å²) >= 11 is 1.05. The van der Waals surface area contributed by atoms with E-state index >= 15 is 0 Å². The van der Waals surface area contributed by atoms with Gasteiger partial charge < -0.3 is 5.11 Å². The first-order chi connectivity index (χ1) is 10.1. The van der Waals surface area contributed by atoms with Gasteiger partial charge in [-0.1, -0.05) is 17.8 Å².